The maximum absolute atomic E-state index is 7.00. The van der Waals surface area contributed by atoms with Gasteiger partial charge in [0, 0.05) is 21.3 Å². The minimum Gasteiger partial charge on any atom is -0.400 e. The second-order valence-corrected chi connectivity index (χ2v) is 8.13. The zero-order valence-corrected chi connectivity index (χ0v) is 20.6. The van der Waals surface area contributed by atoms with Crippen LogP contribution in [-0.2, 0) is 0 Å². The average molecular weight is 419 g/mol. The first-order chi connectivity index (χ1) is 14.5. The molecule has 1 saturated carbocycles. The standard InChI is InChI=1S/C23H46.3CH4O/c1-2-4-6-8-10-12-14-16-18-20-22-23-21-19-17-15-13-11-9-7-5-3-1;3*1-2/h1-23H2;3*2H,1H3. The zero-order chi connectivity index (χ0) is 22.3. The number of aliphatic hydroxyl groups is 3. The van der Waals surface area contributed by atoms with E-state index in [0.717, 1.165) is 21.3 Å². The fourth-order valence-electron chi connectivity index (χ4n) is 4.07. The van der Waals surface area contributed by atoms with E-state index in [9.17, 15) is 0 Å². The summed E-state index contributed by atoms with van der Waals surface area (Å²) in [5.74, 6) is 0. The molecular weight excluding hydrogens is 360 g/mol. The Morgan fingerprint density at radius 3 is 0.241 bits per heavy atom. The van der Waals surface area contributed by atoms with E-state index < -0.39 is 0 Å². The summed E-state index contributed by atoms with van der Waals surface area (Å²) < 4.78 is 0. The van der Waals surface area contributed by atoms with Gasteiger partial charge >= 0.3 is 0 Å². The number of aliphatic hydroxyl groups excluding tert-OH is 3. The maximum Gasteiger partial charge on any atom is 0.0319 e. The van der Waals surface area contributed by atoms with Crippen LogP contribution in [0.5, 0.6) is 0 Å². The third-order valence-electron chi connectivity index (χ3n) is 5.75. The second kappa shape index (κ2) is 38.5. The van der Waals surface area contributed by atoms with Gasteiger partial charge in [-0.3, -0.25) is 0 Å². The third-order valence-corrected chi connectivity index (χ3v) is 5.75. The first-order valence-corrected chi connectivity index (χ1v) is 12.8. The number of hydrogen-bond donors (Lipinski definition) is 3. The van der Waals surface area contributed by atoms with Crippen LogP contribution < -0.4 is 0 Å². The van der Waals surface area contributed by atoms with Crippen LogP contribution in [-0.4, -0.2) is 36.6 Å². The van der Waals surface area contributed by atoms with Crippen molar-refractivity contribution in [3.8, 4) is 0 Å². The number of hydrogen-bond acceptors (Lipinski definition) is 3. The molecular formula is C26H58O3. The summed E-state index contributed by atoms with van der Waals surface area (Å²) in [5.41, 5.74) is 0. The molecule has 0 bridgehead atoms. The molecule has 1 aliphatic carbocycles. The lowest BCUT2D eigenvalue weighted by atomic mass is 10.0. The topological polar surface area (TPSA) is 60.7 Å². The molecule has 0 aliphatic heterocycles. The van der Waals surface area contributed by atoms with Crippen molar-refractivity contribution >= 4 is 0 Å². The molecule has 0 aromatic rings. The Morgan fingerprint density at radius 2 is 0.207 bits per heavy atom. The van der Waals surface area contributed by atoms with E-state index in [4.69, 9.17) is 15.3 Å². The molecule has 0 heterocycles. The largest absolute Gasteiger partial charge is 0.400 e. The molecule has 3 heteroatoms. The van der Waals surface area contributed by atoms with E-state index in [1.54, 1.807) is 0 Å². The summed E-state index contributed by atoms with van der Waals surface area (Å²) in [6, 6.07) is 0. The molecule has 0 unspecified atom stereocenters. The van der Waals surface area contributed by atoms with Crippen molar-refractivity contribution < 1.29 is 15.3 Å². The summed E-state index contributed by atoms with van der Waals surface area (Å²) in [5, 5.41) is 21.0. The predicted molar refractivity (Wildman–Crippen MR) is 131 cm³/mol. The first-order valence-electron chi connectivity index (χ1n) is 12.8. The Bertz CT molecular complexity index is 118. The quantitative estimate of drug-likeness (QED) is 0.376. The van der Waals surface area contributed by atoms with E-state index in [1.807, 2.05) is 0 Å². The molecule has 1 aliphatic rings. The van der Waals surface area contributed by atoms with Crippen LogP contribution in [0.25, 0.3) is 0 Å². The van der Waals surface area contributed by atoms with Crippen molar-refractivity contribution in [1.82, 2.24) is 0 Å². The molecule has 0 aromatic carbocycles. The summed E-state index contributed by atoms with van der Waals surface area (Å²) >= 11 is 0. The molecule has 3 N–H and O–H groups in total. The lowest BCUT2D eigenvalue weighted by Gasteiger charge is -2.03. The van der Waals surface area contributed by atoms with Gasteiger partial charge in [-0.25, -0.2) is 0 Å². The summed E-state index contributed by atoms with van der Waals surface area (Å²) in [6.07, 6.45) is 34.5. The molecule has 0 saturated heterocycles. The Labute approximate surface area is 184 Å². The van der Waals surface area contributed by atoms with Gasteiger partial charge in [0.25, 0.3) is 0 Å². The summed E-state index contributed by atoms with van der Waals surface area (Å²) in [6.45, 7) is 0. The molecule has 3 nitrogen and oxygen atoms in total. The van der Waals surface area contributed by atoms with Gasteiger partial charge in [0.1, 0.15) is 0 Å². The Hall–Kier alpha value is -0.120. The van der Waals surface area contributed by atoms with Gasteiger partial charge in [0.2, 0.25) is 0 Å². The van der Waals surface area contributed by atoms with Crippen molar-refractivity contribution in [3.63, 3.8) is 0 Å². The van der Waals surface area contributed by atoms with Gasteiger partial charge in [0.05, 0.1) is 0 Å². The van der Waals surface area contributed by atoms with Crippen molar-refractivity contribution in [2.24, 2.45) is 0 Å². The molecule has 180 valence electrons. The minimum atomic E-state index is 1.00. The fraction of sp³-hybridized carbons (Fsp3) is 1.00. The van der Waals surface area contributed by atoms with Gasteiger partial charge in [0.15, 0.2) is 0 Å². The highest BCUT2D eigenvalue weighted by Crippen LogP contribution is 2.16. The van der Waals surface area contributed by atoms with Crippen LogP contribution in [0.3, 0.4) is 0 Å². The van der Waals surface area contributed by atoms with E-state index >= 15 is 0 Å². The van der Waals surface area contributed by atoms with Crippen molar-refractivity contribution in [2.45, 2.75) is 148 Å². The Balaban J connectivity index is -0.00000103. The van der Waals surface area contributed by atoms with Crippen LogP contribution in [0.15, 0.2) is 0 Å². The smallest absolute Gasteiger partial charge is 0.0319 e. The van der Waals surface area contributed by atoms with Gasteiger partial charge in [-0.05, 0) is 0 Å². The van der Waals surface area contributed by atoms with E-state index in [1.165, 1.54) is 148 Å². The fourth-order valence-corrected chi connectivity index (χ4v) is 4.07. The predicted octanol–water partition coefficient (Wildman–Crippen LogP) is 7.80. The third kappa shape index (κ3) is 35.7. The first kappa shape index (κ1) is 33.5. The van der Waals surface area contributed by atoms with E-state index in [-0.39, 0.29) is 0 Å². The Morgan fingerprint density at radius 1 is 0.172 bits per heavy atom. The van der Waals surface area contributed by atoms with Crippen molar-refractivity contribution in [2.75, 3.05) is 21.3 Å². The Kier molecular flexibility index (Phi) is 44.5. The lowest BCUT2D eigenvalue weighted by Crippen LogP contribution is -1.84. The van der Waals surface area contributed by atoms with E-state index in [2.05, 4.69) is 0 Å². The highest BCUT2D eigenvalue weighted by Gasteiger charge is 1.97. The van der Waals surface area contributed by atoms with Gasteiger partial charge in [-0.1, -0.05) is 148 Å². The van der Waals surface area contributed by atoms with Crippen LogP contribution in [0.2, 0.25) is 0 Å². The van der Waals surface area contributed by atoms with Crippen molar-refractivity contribution in [3.05, 3.63) is 0 Å². The molecule has 1 fully saturated rings. The molecule has 0 atom stereocenters. The number of rotatable bonds is 0. The van der Waals surface area contributed by atoms with Crippen LogP contribution in [0.1, 0.15) is 148 Å². The lowest BCUT2D eigenvalue weighted by molar-refractivity contribution is 0.399. The molecule has 0 radical (unpaired) electrons. The average Bonchev–Trinajstić information content (AvgIpc) is 2.79. The molecule has 29 heavy (non-hydrogen) atoms. The van der Waals surface area contributed by atoms with Gasteiger partial charge in [-0.2, -0.15) is 0 Å². The SMILES string of the molecule is C1CCCCCCCCCCCCCCCCCCCCCC1.CO.CO.CO. The maximum atomic E-state index is 7.00. The van der Waals surface area contributed by atoms with Gasteiger partial charge < -0.3 is 15.3 Å². The minimum absolute atomic E-state index is 1.00. The summed E-state index contributed by atoms with van der Waals surface area (Å²) in [7, 11) is 3.00. The highest BCUT2D eigenvalue weighted by molar-refractivity contribution is 4.52. The molecule has 0 spiro atoms. The second-order valence-electron chi connectivity index (χ2n) is 8.13. The highest BCUT2D eigenvalue weighted by atomic mass is 16.2. The monoisotopic (exact) mass is 418 g/mol. The summed E-state index contributed by atoms with van der Waals surface area (Å²) in [4.78, 5) is 0. The van der Waals surface area contributed by atoms with E-state index in [0.29, 0.717) is 0 Å². The van der Waals surface area contributed by atoms with Gasteiger partial charge in [-0.15, -0.1) is 0 Å². The van der Waals surface area contributed by atoms with Crippen LogP contribution >= 0.6 is 0 Å². The normalized spacial score (nSPS) is 19.7. The molecule has 0 amide bonds. The molecule has 1 rings (SSSR count). The zero-order valence-electron chi connectivity index (χ0n) is 20.6. The molecule has 0 aromatic heterocycles. The van der Waals surface area contributed by atoms with Crippen LogP contribution in [0, 0.1) is 0 Å². The van der Waals surface area contributed by atoms with Crippen molar-refractivity contribution in [1.29, 1.82) is 0 Å². The van der Waals surface area contributed by atoms with Crippen LogP contribution in [0.4, 0.5) is 0 Å².